The zero-order valence-corrected chi connectivity index (χ0v) is 11.8. The standard InChI is InChI=1S/C14H15F3N2O3/c1-2-22-12(20)11(18)8-3-4-9-6-19(7-10(9)5-8)13(21)14(15,16)17/h3-5,11H,2,6-7,18H2,1H3. The number of fused-ring (bicyclic) bond motifs is 1. The smallest absolute Gasteiger partial charge is 0.465 e. The van der Waals surface area contributed by atoms with Crippen LogP contribution in [0.3, 0.4) is 0 Å². The summed E-state index contributed by atoms with van der Waals surface area (Å²) in [5.41, 5.74) is 7.35. The van der Waals surface area contributed by atoms with Crippen LogP contribution in [-0.2, 0) is 27.4 Å². The van der Waals surface area contributed by atoms with E-state index < -0.39 is 24.1 Å². The third-order valence-corrected chi connectivity index (χ3v) is 3.38. The Morgan fingerprint density at radius 1 is 1.32 bits per heavy atom. The molecule has 1 aliphatic heterocycles. The van der Waals surface area contributed by atoms with Crippen molar-refractivity contribution in [3.05, 3.63) is 34.9 Å². The number of nitrogens with two attached hydrogens (primary N) is 1. The van der Waals surface area contributed by atoms with E-state index >= 15 is 0 Å². The number of benzene rings is 1. The molecule has 1 aliphatic rings. The Kier molecular flexibility index (Phi) is 4.41. The number of carbonyl (C=O) groups excluding carboxylic acids is 2. The topological polar surface area (TPSA) is 72.6 Å². The fourth-order valence-electron chi connectivity index (χ4n) is 2.30. The Labute approximate surface area is 124 Å². The molecule has 5 nitrogen and oxygen atoms in total. The van der Waals surface area contributed by atoms with Crippen LogP contribution in [0.4, 0.5) is 13.2 Å². The van der Waals surface area contributed by atoms with Gasteiger partial charge in [0.25, 0.3) is 0 Å². The van der Waals surface area contributed by atoms with Crippen LogP contribution in [0, 0.1) is 0 Å². The van der Waals surface area contributed by atoms with Crippen molar-refractivity contribution in [1.29, 1.82) is 0 Å². The normalized spacial score (nSPS) is 15.4. The number of esters is 1. The second-order valence-electron chi connectivity index (χ2n) is 4.92. The minimum atomic E-state index is -4.90. The van der Waals surface area contributed by atoms with Gasteiger partial charge in [0.1, 0.15) is 6.04 Å². The summed E-state index contributed by atoms with van der Waals surface area (Å²) in [4.78, 5) is 23.5. The molecule has 0 saturated heterocycles. The average molecular weight is 316 g/mol. The van der Waals surface area contributed by atoms with E-state index in [0.29, 0.717) is 21.6 Å². The van der Waals surface area contributed by atoms with Crippen LogP contribution in [0.15, 0.2) is 18.2 Å². The number of hydrogen-bond acceptors (Lipinski definition) is 4. The summed E-state index contributed by atoms with van der Waals surface area (Å²) in [5.74, 6) is -2.48. The number of ether oxygens (including phenoxy) is 1. The van der Waals surface area contributed by atoms with E-state index in [1.54, 1.807) is 25.1 Å². The van der Waals surface area contributed by atoms with Gasteiger partial charge in [0.15, 0.2) is 0 Å². The maximum absolute atomic E-state index is 12.4. The summed E-state index contributed by atoms with van der Waals surface area (Å²) in [5, 5.41) is 0. The SMILES string of the molecule is CCOC(=O)C(N)c1ccc2c(c1)CN(C(=O)C(F)(F)F)C2. The Balaban J connectivity index is 2.16. The number of rotatable bonds is 3. The van der Waals surface area contributed by atoms with Gasteiger partial charge < -0.3 is 15.4 Å². The van der Waals surface area contributed by atoms with Crippen molar-refractivity contribution in [3.63, 3.8) is 0 Å². The quantitative estimate of drug-likeness (QED) is 0.861. The molecule has 0 bridgehead atoms. The third kappa shape index (κ3) is 3.22. The van der Waals surface area contributed by atoms with Crippen molar-refractivity contribution in [2.45, 2.75) is 32.2 Å². The van der Waals surface area contributed by atoms with Crippen molar-refractivity contribution in [3.8, 4) is 0 Å². The fourth-order valence-corrected chi connectivity index (χ4v) is 2.30. The van der Waals surface area contributed by atoms with Gasteiger partial charge in [-0.3, -0.25) is 4.79 Å². The molecule has 0 saturated carbocycles. The van der Waals surface area contributed by atoms with Gasteiger partial charge in [-0.1, -0.05) is 18.2 Å². The fraction of sp³-hybridized carbons (Fsp3) is 0.429. The van der Waals surface area contributed by atoms with E-state index in [2.05, 4.69) is 0 Å². The molecule has 1 amide bonds. The molecule has 2 rings (SSSR count). The maximum atomic E-state index is 12.4. The molecule has 0 aliphatic carbocycles. The van der Waals surface area contributed by atoms with Crippen molar-refractivity contribution in [2.24, 2.45) is 5.73 Å². The molecule has 1 unspecified atom stereocenters. The molecule has 1 atom stereocenters. The molecule has 22 heavy (non-hydrogen) atoms. The third-order valence-electron chi connectivity index (χ3n) is 3.38. The number of nitrogens with zero attached hydrogens (tertiary/aromatic N) is 1. The molecule has 0 radical (unpaired) electrons. The van der Waals surface area contributed by atoms with Crippen LogP contribution in [-0.4, -0.2) is 29.6 Å². The van der Waals surface area contributed by atoms with Gasteiger partial charge in [0, 0.05) is 13.1 Å². The summed E-state index contributed by atoms with van der Waals surface area (Å²) in [6, 6.07) is 3.67. The highest BCUT2D eigenvalue weighted by Gasteiger charge is 2.44. The molecule has 2 N–H and O–H groups in total. The zero-order valence-electron chi connectivity index (χ0n) is 11.8. The molecule has 1 aromatic rings. The number of carbonyl (C=O) groups is 2. The van der Waals surface area contributed by atoms with E-state index in [9.17, 15) is 22.8 Å². The molecular formula is C14H15F3N2O3. The lowest BCUT2D eigenvalue weighted by Gasteiger charge is -2.16. The molecule has 0 aromatic heterocycles. The lowest BCUT2D eigenvalue weighted by Crippen LogP contribution is -2.37. The van der Waals surface area contributed by atoms with Crippen molar-refractivity contribution in [1.82, 2.24) is 4.90 Å². The molecule has 1 heterocycles. The summed E-state index contributed by atoms with van der Waals surface area (Å²) in [6.45, 7) is 1.57. The molecule has 0 fully saturated rings. The second-order valence-corrected chi connectivity index (χ2v) is 4.92. The lowest BCUT2D eigenvalue weighted by molar-refractivity contribution is -0.186. The highest BCUT2D eigenvalue weighted by molar-refractivity contribution is 5.82. The van der Waals surface area contributed by atoms with Gasteiger partial charge in [-0.25, -0.2) is 4.79 Å². The van der Waals surface area contributed by atoms with E-state index in [1.807, 2.05) is 0 Å². The van der Waals surface area contributed by atoms with E-state index in [-0.39, 0.29) is 19.7 Å². The van der Waals surface area contributed by atoms with Crippen LogP contribution < -0.4 is 5.73 Å². The Bertz CT molecular complexity index is 601. The number of halogens is 3. The summed E-state index contributed by atoms with van der Waals surface area (Å²) >= 11 is 0. The first-order chi connectivity index (χ1) is 10.2. The molecule has 120 valence electrons. The van der Waals surface area contributed by atoms with E-state index in [0.717, 1.165) is 0 Å². The monoisotopic (exact) mass is 316 g/mol. The van der Waals surface area contributed by atoms with Gasteiger partial charge in [0.05, 0.1) is 6.61 Å². The van der Waals surface area contributed by atoms with Crippen molar-refractivity contribution in [2.75, 3.05) is 6.61 Å². The predicted molar refractivity (Wildman–Crippen MR) is 70.3 cm³/mol. The first-order valence-electron chi connectivity index (χ1n) is 6.64. The first kappa shape index (κ1) is 16.3. The highest BCUT2D eigenvalue weighted by atomic mass is 19.4. The van der Waals surface area contributed by atoms with E-state index in [1.165, 1.54) is 0 Å². The van der Waals surface area contributed by atoms with Crippen LogP contribution in [0.2, 0.25) is 0 Å². The number of alkyl halides is 3. The Hall–Kier alpha value is -2.09. The van der Waals surface area contributed by atoms with Gasteiger partial charge in [-0.15, -0.1) is 0 Å². The molecule has 8 heteroatoms. The van der Waals surface area contributed by atoms with Crippen LogP contribution >= 0.6 is 0 Å². The first-order valence-corrected chi connectivity index (χ1v) is 6.64. The van der Waals surface area contributed by atoms with Crippen molar-refractivity contribution >= 4 is 11.9 Å². The maximum Gasteiger partial charge on any atom is 0.471 e. The number of amides is 1. The highest BCUT2D eigenvalue weighted by Crippen LogP contribution is 2.29. The molecular weight excluding hydrogens is 301 g/mol. The van der Waals surface area contributed by atoms with Gasteiger partial charge in [-0.05, 0) is 23.6 Å². The molecule has 1 aromatic carbocycles. The van der Waals surface area contributed by atoms with Crippen LogP contribution in [0.25, 0.3) is 0 Å². The minimum Gasteiger partial charge on any atom is -0.465 e. The lowest BCUT2D eigenvalue weighted by atomic mass is 10.0. The Morgan fingerprint density at radius 3 is 2.55 bits per heavy atom. The second kappa shape index (κ2) is 5.96. The van der Waals surface area contributed by atoms with Gasteiger partial charge >= 0.3 is 18.1 Å². The predicted octanol–water partition coefficient (Wildman–Crippen LogP) is 1.65. The zero-order chi connectivity index (χ0) is 16.5. The van der Waals surface area contributed by atoms with E-state index in [4.69, 9.17) is 10.5 Å². The largest absolute Gasteiger partial charge is 0.471 e. The average Bonchev–Trinajstić information content (AvgIpc) is 2.87. The van der Waals surface area contributed by atoms with Gasteiger partial charge in [-0.2, -0.15) is 13.2 Å². The summed E-state index contributed by atoms with van der Waals surface area (Å²) in [7, 11) is 0. The van der Waals surface area contributed by atoms with Crippen LogP contribution in [0.1, 0.15) is 29.7 Å². The van der Waals surface area contributed by atoms with Gasteiger partial charge in [0.2, 0.25) is 0 Å². The minimum absolute atomic E-state index is 0.109. The molecule has 0 spiro atoms. The number of hydrogen-bond donors (Lipinski definition) is 1. The summed E-state index contributed by atoms with van der Waals surface area (Å²) in [6.07, 6.45) is -4.90. The Morgan fingerprint density at radius 2 is 1.95 bits per heavy atom. The van der Waals surface area contributed by atoms with Crippen molar-refractivity contribution < 1.29 is 27.5 Å². The summed E-state index contributed by atoms with van der Waals surface area (Å²) < 4.78 is 42.2. The van der Waals surface area contributed by atoms with Crippen LogP contribution in [0.5, 0.6) is 0 Å².